The highest BCUT2D eigenvalue weighted by molar-refractivity contribution is 5.99. The summed E-state index contributed by atoms with van der Waals surface area (Å²) in [5.41, 5.74) is 4.23. The summed E-state index contributed by atoms with van der Waals surface area (Å²) in [5, 5.41) is 9.24. The van der Waals surface area contributed by atoms with Gasteiger partial charge in [-0.1, -0.05) is 30.3 Å². The molecule has 0 radical (unpaired) electrons. The molecule has 24 heavy (non-hydrogen) atoms. The molecule has 0 aliphatic carbocycles. The lowest BCUT2D eigenvalue weighted by Crippen LogP contribution is -2.28. The Morgan fingerprint density at radius 1 is 1.25 bits per heavy atom. The molecule has 1 unspecified atom stereocenters. The second-order valence-corrected chi connectivity index (χ2v) is 6.85. The van der Waals surface area contributed by atoms with Crippen molar-refractivity contribution in [1.82, 2.24) is 9.47 Å². The van der Waals surface area contributed by atoms with E-state index in [1.165, 1.54) is 5.56 Å². The molecule has 1 saturated heterocycles. The van der Waals surface area contributed by atoms with Crippen LogP contribution in [-0.2, 0) is 6.54 Å². The van der Waals surface area contributed by atoms with Crippen LogP contribution in [0.3, 0.4) is 0 Å². The van der Waals surface area contributed by atoms with E-state index in [2.05, 4.69) is 28.5 Å². The van der Waals surface area contributed by atoms with Gasteiger partial charge in [-0.3, -0.25) is 9.69 Å². The van der Waals surface area contributed by atoms with E-state index in [0.29, 0.717) is 12.5 Å². The van der Waals surface area contributed by atoms with Crippen LogP contribution in [0.1, 0.15) is 33.7 Å². The summed E-state index contributed by atoms with van der Waals surface area (Å²) in [6.07, 6.45) is 0.983. The summed E-state index contributed by atoms with van der Waals surface area (Å²) in [7, 11) is 0. The fourth-order valence-corrected chi connectivity index (χ4v) is 3.59. The zero-order valence-corrected chi connectivity index (χ0v) is 14.5. The maximum absolute atomic E-state index is 12.7. The largest absolute Gasteiger partial charge is 0.396 e. The van der Waals surface area contributed by atoms with Crippen molar-refractivity contribution in [2.45, 2.75) is 26.8 Å². The molecule has 2 heterocycles. The van der Waals surface area contributed by atoms with Crippen LogP contribution in [0.2, 0.25) is 0 Å². The molecule has 0 saturated carbocycles. The number of carbonyl (C=O) groups is 1. The van der Waals surface area contributed by atoms with E-state index in [-0.39, 0.29) is 12.4 Å². The number of Topliss-reactive ketones (excluding diaryl/α,β-unsaturated/α-hetero) is 1. The third-order valence-electron chi connectivity index (χ3n) is 5.05. The summed E-state index contributed by atoms with van der Waals surface area (Å²) in [4.78, 5) is 14.9. The molecule has 1 aromatic carbocycles. The number of likely N-dealkylation sites (tertiary alicyclic amines) is 1. The van der Waals surface area contributed by atoms with Crippen molar-refractivity contribution in [3.63, 3.8) is 0 Å². The van der Waals surface area contributed by atoms with Crippen LogP contribution in [-0.4, -0.2) is 46.6 Å². The van der Waals surface area contributed by atoms with Crippen molar-refractivity contribution in [2.75, 3.05) is 26.2 Å². The molecule has 4 heteroatoms. The molecular weight excluding hydrogens is 300 g/mol. The van der Waals surface area contributed by atoms with Crippen molar-refractivity contribution >= 4 is 5.78 Å². The van der Waals surface area contributed by atoms with E-state index in [9.17, 15) is 9.90 Å². The molecule has 0 spiro atoms. The highest BCUT2D eigenvalue weighted by atomic mass is 16.3. The van der Waals surface area contributed by atoms with Crippen molar-refractivity contribution in [1.29, 1.82) is 0 Å². The van der Waals surface area contributed by atoms with Gasteiger partial charge in [0, 0.05) is 36.6 Å². The normalized spacial score (nSPS) is 18.2. The number of benzene rings is 1. The Hall–Kier alpha value is -1.91. The van der Waals surface area contributed by atoms with Gasteiger partial charge in [0.05, 0.1) is 6.54 Å². The van der Waals surface area contributed by atoms with Gasteiger partial charge in [-0.2, -0.15) is 0 Å². The van der Waals surface area contributed by atoms with E-state index in [0.717, 1.165) is 43.0 Å². The minimum absolute atomic E-state index is 0.181. The molecule has 1 N–H and O–H groups in total. The first-order valence-corrected chi connectivity index (χ1v) is 8.65. The lowest BCUT2D eigenvalue weighted by Gasteiger charge is -2.15. The third kappa shape index (κ3) is 3.60. The monoisotopic (exact) mass is 326 g/mol. The summed E-state index contributed by atoms with van der Waals surface area (Å²) in [6, 6.07) is 12.3. The number of ketones is 1. The van der Waals surface area contributed by atoms with Crippen LogP contribution < -0.4 is 0 Å². The number of aryl methyl sites for hydroxylation is 1. The van der Waals surface area contributed by atoms with Crippen LogP contribution in [0.15, 0.2) is 36.4 Å². The van der Waals surface area contributed by atoms with Crippen LogP contribution in [0.25, 0.3) is 0 Å². The number of aromatic nitrogens is 1. The van der Waals surface area contributed by atoms with E-state index in [1.54, 1.807) is 0 Å². The van der Waals surface area contributed by atoms with Crippen LogP contribution in [0, 0.1) is 19.8 Å². The first-order chi connectivity index (χ1) is 11.6. The zero-order chi connectivity index (χ0) is 17.1. The van der Waals surface area contributed by atoms with Gasteiger partial charge < -0.3 is 9.67 Å². The van der Waals surface area contributed by atoms with Gasteiger partial charge >= 0.3 is 0 Å². The van der Waals surface area contributed by atoms with Gasteiger partial charge in [-0.15, -0.1) is 0 Å². The molecular formula is C20H26N2O2. The highest BCUT2D eigenvalue weighted by Crippen LogP contribution is 2.20. The fraction of sp³-hybridized carbons (Fsp3) is 0.450. The van der Waals surface area contributed by atoms with E-state index >= 15 is 0 Å². The van der Waals surface area contributed by atoms with Crippen LogP contribution in [0.4, 0.5) is 0 Å². The van der Waals surface area contributed by atoms with E-state index in [4.69, 9.17) is 0 Å². The highest BCUT2D eigenvalue weighted by Gasteiger charge is 2.25. The molecule has 1 aliphatic rings. The minimum Gasteiger partial charge on any atom is -0.396 e. The number of aliphatic hydroxyl groups is 1. The quantitative estimate of drug-likeness (QED) is 0.830. The smallest absolute Gasteiger partial charge is 0.178 e. The zero-order valence-electron chi connectivity index (χ0n) is 14.5. The van der Waals surface area contributed by atoms with Gasteiger partial charge in [-0.05, 0) is 44.4 Å². The summed E-state index contributed by atoms with van der Waals surface area (Å²) < 4.78 is 2.21. The fourth-order valence-electron chi connectivity index (χ4n) is 3.59. The predicted octanol–water partition coefficient (Wildman–Crippen LogP) is 2.65. The second kappa shape index (κ2) is 7.32. The van der Waals surface area contributed by atoms with Crippen molar-refractivity contribution < 1.29 is 9.90 Å². The van der Waals surface area contributed by atoms with Crippen LogP contribution in [0.5, 0.6) is 0 Å². The topological polar surface area (TPSA) is 45.5 Å². The van der Waals surface area contributed by atoms with Gasteiger partial charge in [0.15, 0.2) is 5.78 Å². The molecule has 1 fully saturated rings. The SMILES string of the molecule is Cc1cc(C(=O)CN2CCC(CO)C2)c(C)n1Cc1ccccc1. The number of hydrogen-bond donors (Lipinski definition) is 1. The van der Waals surface area contributed by atoms with Crippen molar-refractivity contribution in [3.8, 4) is 0 Å². The maximum Gasteiger partial charge on any atom is 0.178 e. The number of rotatable bonds is 6. The van der Waals surface area contributed by atoms with Gasteiger partial charge in [0.2, 0.25) is 0 Å². The third-order valence-corrected chi connectivity index (χ3v) is 5.05. The minimum atomic E-state index is 0.181. The average Bonchev–Trinajstić information content (AvgIpc) is 3.15. The molecule has 128 valence electrons. The predicted molar refractivity (Wildman–Crippen MR) is 95.4 cm³/mol. The molecule has 1 aliphatic heterocycles. The Labute approximate surface area is 143 Å². The first kappa shape index (κ1) is 16.9. The van der Waals surface area contributed by atoms with Crippen molar-refractivity contribution in [2.24, 2.45) is 5.92 Å². The molecule has 4 nitrogen and oxygen atoms in total. The standard InChI is InChI=1S/C20H26N2O2/c1-15-10-19(20(24)13-21-9-8-18(11-21)14-23)16(2)22(15)12-17-6-4-3-5-7-17/h3-7,10,18,23H,8-9,11-14H2,1-2H3. The Kier molecular flexibility index (Phi) is 5.17. The summed E-state index contributed by atoms with van der Waals surface area (Å²) in [6.45, 7) is 7.28. The Bertz CT molecular complexity index is 706. The average molecular weight is 326 g/mol. The summed E-state index contributed by atoms with van der Waals surface area (Å²) in [5.74, 6) is 0.504. The first-order valence-electron chi connectivity index (χ1n) is 8.65. The number of hydrogen-bond acceptors (Lipinski definition) is 3. The van der Waals surface area contributed by atoms with E-state index < -0.39 is 0 Å². The van der Waals surface area contributed by atoms with E-state index in [1.807, 2.05) is 31.2 Å². The molecule has 0 bridgehead atoms. The van der Waals surface area contributed by atoms with Crippen molar-refractivity contribution in [3.05, 3.63) is 58.9 Å². The van der Waals surface area contributed by atoms with Crippen LogP contribution >= 0.6 is 0 Å². The Morgan fingerprint density at radius 3 is 2.67 bits per heavy atom. The van der Waals surface area contributed by atoms with Gasteiger partial charge in [0.1, 0.15) is 0 Å². The summed E-state index contributed by atoms with van der Waals surface area (Å²) >= 11 is 0. The van der Waals surface area contributed by atoms with Gasteiger partial charge in [-0.25, -0.2) is 0 Å². The van der Waals surface area contributed by atoms with Gasteiger partial charge in [0.25, 0.3) is 0 Å². The molecule has 1 atom stereocenters. The lowest BCUT2D eigenvalue weighted by molar-refractivity contribution is 0.0939. The Morgan fingerprint density at radius 2 is 2.00 bits per heavy atom. The second-order valence-electron chi connectivity index (χ2n) is 6.85. The number of nitrogens with zero attached hydrogens (tertiary/aromatic N) is 2. The number of aliphatic hydroxyl groups excluding tert-OH is 1. The molecule has 1 aromatic heterocycles. The molecule has 3 rings (SSSR count). The Balaban J connectivity index is 1.72. The maximum atomic E-state index is 12.7. The lowest BCUT2D eigenvalue weighted by atomic mass is 10.1. The molecule has 0 amide bonds. The molecule has 2 aromatic rings. The number of carbonyl (C=O) groups excluding carboxylic acids is 1.